The van der Waals surface area contributed by atoms with Gasteiger partial charge in [0, 0.05) is 12.8 Å². The molecule has 0 heterocycles. The van der Waals surface area contributed by atoms with Gasteiger partial charge in [-0.05, 0) is 89.9 Å². The molecule has 0 unspecified atom stereocenters. The van der Waals surface area contributed by atoms with Gasteiger partial charge >= 0.3 is 11.9 Å². The Hall–Kier alpha value is -3.40. The first-order valence-corrected chi connectivity index (χ1v) is 17.8. The molecule has 0 aliphatic carbocycles. The third kappa shape index (κ3) is 52.4. The smallest absolute Gasteiger partial charge is 0.303 e. The molecule has 0 rings (SSSR count). The van der Waals surface area contributed by atoms with Gasteiger partial charge in [-0.1, -0.05) is 156 Å². The Kier molecular flexibility index (Phi) is 45.7. The van der Waals surface area contributed by atoms with Crippen LogP contribution in [0.1, 0.15) is 150 Å². The van der Waals surface area contributed by atoms with Crippen molar-refractivity contribution in [3.63, 3.8) is 0 Å². The lowest BCUT2D eigenvalue weighted by Gasteiger charge is -1.93. The highest BCUT2D eigenvalue weighted by atomic mass is 16.4. The van der Waals surface area contributed by atoms with Crippen LogP contribution in [0.5, 0.6) is 0 Å². The van der Waals surface area contributed by atoms with Crippen molar-refractivity contribution < 1.29 is 19.8 Å². The molecule has 0 aliphatic heterocycles. The number of aliphatic carboxylic acids is 2. The van der Waals surface area contributed by atoms with Crippen molar-refractivity contribution in [2.45, 2.75) is 150 Å². The third-order valence-corrected chi connectivity index (χ3v) is 6.61. The largest absolute Gasteiger partial charge is 0.481 e. The summed E-state index contributed by atoms with van der Waals surface area (Å²) >= 11 is 0. The number of carboxylic acids is 2. The lowest BCUT2D eigenvalue weighted by Crippen LogP contribution is -1.92. The molecule has 0 spiro atoms. The molecule has 4 nitrogen and oxygen atoms in total. The normalized spacial score (nSPS) is 12.3. The number of rotatable bonds is 29. The zero-order valence-electron chi connectivity index (χ0n) is 29.2. The minimum Gasteiger partial charge on any atom is -0.481 e. The Balaban J connectivity index is -0.000000807. The van der Waals surface area contributed by atoms with E-state index in [0.717, 1.165) is 70.6 Å². The van der Waals surface area contributed by atoms with Gasteiger partial charge in [-0.25, -0.2) is 0 Å². The Morgan fingerprint density at radius 1 is 0.362 bits per heavy atom. The minimum absolute atomic E-state index is 0. The van der Waals surface area contributed by atoms with Crippen LogP contribution in [0.25, 0.3) is 0 Å². The van der Waals surface area contributed by atoms with Crippen molar-refractivity contribution in [2.24, 2.45) is 0 Å². The molecule has 0 saturated carbocycles. The van der Waals surface area contributed by atoms with E-state index in [0.29, 0.717) is 0 Å². The van der Waals surface area contributed by atoms with Crippen molar-refractivity contribution >= 4 is 11.9 Å². The van der Waals surface area contributed by atoms with Gasteiger partial charge < -0.3 is 10.2 Å². The average molecular weight is 651 g/mol. The first kappa shape index (κ1) is 48.0. The van der Waals surface area contributed by atoms with Gasteiger partial charge in [0.25, 0.3) is 0 Å². The summed E-state index contributed by atoms with van der Waals surface area (Å²) in [5, 5.41) is 17.0. The zero-order valence-corrected chi connectivity index (χ0v) is 29.2. The minimum atomic E-state index is -0.715. The first-order chi connectivity index (χ1) is 22.5. The van der Waals surface area contributed by atoms with Crippen LogP contribution in [-0.2, 0) is 9.59 Å². The molecule has 266 valence electrons. The Labute approximate surface area is 290 Å². The maximum atomic E-state index is 10.3. The lowest BCUT2D eigenvalue weighted by atomic mass is 10.1. The van der Waals surface area contributed by atoms with Crippen LogP contribution < -0.4 is 0 Å². The Morgan fingerprint density at radius 2 is 0.638 bits per heavy atom. The fraction of sp³-hybridized carbons (Fsp3) is 0.535. The van der Waals surface area contributed by atoms with E-state index in [-0.39, 0.29) is 20.3 Å². The highest BCUT2D eigenvalue weighted by molar-refractivity contribution is 5.66. The maximum absolute atomic E-state index is 10.3. The molecule has 0 aromatic rings. The van der Waals surface area contributed by atoms with Crippen molar-refractivity contribution in [1.82, 2.24) is 0 Å². The van der Waals surface area contributed by atoms with E-state index in [4.69, 9.17) is 10.2 Å². The topological polar surface area (TPSA) is 74.6 Å². The molecule has 0 bridgehead atoms. The summed E-state index contributed by atoms with van der Waals surface area (Å²) < 4.78 is 0. The highest BCUT2D eigenvalue weighted by Crippen LogP contribution is 2.04. The van der Waals surface area contributed by atoms with Crippen molar-refractivity contribution in [3.8, 4) is 0 Å². The van der Waals surface area contributed by atoms with Crippen LogP contribution >= 0.6 is 0 Å². The molecule has 4 heteroatoms. The van der Waals surface area contributed by atoms with Gasteiger partial charge in [0.1, 0.15) is 0 Å². The molecule has 0 atom stereocenters. The number of unbranched alkanes of at least 4 members (excludes halogenated alkanes) is 7. The van der Waals surface area contributed by atoms with E-state index in [2.05, 4.69) is 123 Å². The summed E-state index contributed by atoms with van der Waals surface area (Å²) in [7, 11) is 0. The molecule has 0 fully saturated rings. The van der Waals surface area contributed by atoms with E-state index < -0.39 is 11.9 Å². The van der Waals surface area contributed by atoms with Gasteiger partial charge in [0.05, 0.1) is 0 Å². The maximum Gasteiger partial charge on any atom is 0.303 e. The van der Waals surface area contributed by atoms with E-state index >= 15 is 0 Å². The van der Waals surface area contributed by atoms with E-state index in [1.54, 1.807) is 0 Å². The van der Waals surface area contributed by atoms with Crippen LogP contribution in [0.15, 0.2) is 109 Å². The Morgan fingerprint density at radius 3 is 0.915 bits per heavy atom. The second kappa shape index (κ2) is 44.7. The SMILES string of the molecule is C.CCC/C=C\C/C=C\C/C=C\C/C=C\C/C=C\CCCC(=O)O.CCCCCC/C=C\C/C=C\C/C=C\C/C=C\CCCC(=O)O. The monoisotopic (exact) mass is 651 g/mol. The number of carboxylic acid groups (broad SMARTS) is 2. The molecule has 0 aliphatic rings. The summed E-state index contributed by atoms with van der Waals surface area (Å²) in [6.45, 7) is 4.44. The van der Waals surface area contributed by atoms with Gasteiger partial charge in [-0.2, -0.15) is 0 Å². The quantitative estimate of drug-likeness (QED) is 0.0624. The van der Waals surface area contributed by atoms with Crippen molar-refractivity contribution in [3.05, 3.63) is 109 Å². The molecular formula is C43H70O4. The number of allylic oxidation sites excluding steroid dienone is 18. The standard InChI is InChI=1S/C21H34O2.C21H32O2.CH4/c2*1-2-3-4-5-6-7-8-9-10-11-12-13-14-15-16-17-18-19-20-21(22)23;/h7-8,10-11,13-14,16-17H,2-6,9,12,15,18-20H2,1H3,(H,22,23);4-5,7-8,10-11,13-14,16-17H,2-3,6,9,12,15,18-20H2,1H3,(H,22,23);1H4/b8-7-,11-10-,14-13-,17-16-;5-4-,8-7-,11-10-,14-13-,17-16-;. The summed E-state index contributed by atoms with van der Waals surface area (Å²) in [4.78, 5) is 20.6. The molecule has 0 radical (unpaired) electrons. The summed E-state index contributed by atoms with van der Waals surface area (Å²) in [5.74, 6) is -1.43. The van der Waals surface area contributed by atoms with E-state index in [9.17, 15) is 9.59 Å². The first-order valence-electron chi connectivity index (χ1n) is 17.8. The fourth-order valence-corrected chi connectivity index (χ4v) is 3.97. The predicted molar refractivity (Wildman–Crippen MR) is 208 cm³/mol. The summed E-state index contributed by atoms with van der Waals surface area (Å²) in [5.41, 5.74) is 0. The molecule has 0 saturated heterocycles. The van der Waals surface area contributed by atoms with Crippen molar-refractivity contribution in [1.29, 1.82) is 0 Å². The van der Waals surface area contributed by atoms with Gasteiger partial charge in [0.15, 0.2) is 0 Å². The molecule has 0 aromatic carbocycles. The van der Waals surface area contributed by atoms with Crippen LogP contribution in [0.3, 0.4) is 0 Å². The molecule has 47 heavy (non-hydrogen) atoms. The third-order valence-electron chi connectivity index (χ3n) is 6.61. The molecular weight excluding hydrogens is 580 g/mol. The summed E-state index contributed by atoms with van der Waals surface area (Å²) in [6, 6.07) is 0. The number of carbonyl (C=O) groups is 2. The zero-order chi connectivity index (χ0) is 34.0. The van der Waals surface area contributed by atoms with Crippen LogP contribution in [0.4, 0.5) is 0 Å². The Bertz CT molecular complexity index is 941. The molecule has 0 aromatic heterocycles. The number of hydrogen-bond donors (Lipinski definition) is 2. The second-order valence-electron chi connectivity index (χ2n) is 11.1. The molecule has 0 amide bonds. The van der Waals surface area contributed by atoms with Crippen LogP contribution in [0.2, 0.25) is 0 Å². The summed E-state index contributed by atoms with van der Waals surface area (Å²) in [6.07, 6.45) is 58.7. The lowest BCUT2D eigenvalue weighted by molar-refractivity contribution is -0.138. The second-order valence-corrected chi connectivity index (χ2v) is 11.1. The van der Waals surface area contributed by atoms with E-state index in [1.165, 1.54) is 44.9 Å². The predicted octanol–water partition coefficient (Wildman–Crippen LogP) is 13.6. The van der Waals surface area contributed by atoms with Crippen LogP contribution in [0, 0.1) is 0 Å². The van der Waals surface area contributed by atoms with Crippen LogP contribution in [-0.4, -0.2) is 22.2 Å². The molecule has 2 N–H and O–H groups in total. The van der Waals surface area contributed by atoms with E-state index in [1.807, 2.05) is 0 Å². The van der Waals surface area contributed by atoms with Gasteiger partial charge in [-0.15, -0.1) is 0 Å². The average Bonchev–Trinajstić information content (AvgIpc) is 3.03. The van der Waals surface area contributed by atoms with Gasteiger partial charge in [-0.3, -0.25) is 9.59 Å². The highest BCUT2D eigenvalue weighted by Gasteiger charge is 1.93. The van der Waals surface area contributed by atoms with Crippen molar-refractivity contribution in [2.75, 3.05) is 0 Å². The fourth-order valence-electron chi connectivity index (χ4n) is 3.97. The van der Waals surface area contributed by atoms with Gasteiger partial charge in [0.2, 0.25) is 0 Å². The number of hydrogen-bond acceptors (Lipinski definition) is 2.